The molecule has 0 spiro atoms. The van der Waals surface area contributed by atoms with Crippen LogP contribution in [0.4, 0.5) is 20.4 Å². The highest BCUT2D eigenvalue weighted by Crippen LogP contribution is 2.33. The van der Waals surface area contributed by atoms with Crippen molar-refractivity contribution in [1.29, 1.82) is 0 Å². The molecule has 0 bridgehead atoms. The summed E-state index contributed by atoms with van der Waals surface area (Å²) in [5.41, 5.74) is 2.21. The lowest BCUT2D eigenvalue weighted by molar-refractivity contribution is -0.123. The SMILES string of the molecule is C.CNC(=O)C1CN(C(=O)c2ccc(Nc3ncc4c(n3)-c3oncc3C(c3c(F)cccc3F)=NC4)cc2)CCN1. The van der Waals surface area contributed by atoms with Gasteiger partial charge in [0.15, 0.2) is 5.76 Å². The van der Waals surface area contributed by atoms with E-state index in [1.807, 2.05) is 0 Å². The summed E-state index contributed by atoms with van der Waals surface area (Å²) in [5, 5.41) is 12.6. The van der Waals surface area contributed by atoms with Crippen molar-refractivity contribution in [2.45, 2.75) is 20.0 Å². The first-order chi connectivity index (χ1) is 19.9. The van der Waals surface area contributed by atoms with E-state index in [9.17, 15) is 18.4 Å². The standard InChI is InChI=1S/C28H24F2N8O3.CH4/c1-31-26(39)21-14-38(10-9-32-21)27(40)15-5-7-17(8-6-15)36-28-34-12-16-11-33-24(22-19(29)3-2-4-20(22)30)18-13-35-41-25(18)23(16)37-28;/h2-8,12-13,21,32H,9-11,14H2,1H3,(H,31,39)(H,34,36,37);1H4. The van der Waals surface area contributed by atoms with Gasteiger partial charge < -0.3 is 25.4 Å². The Kier molecular flexibility index (Phi) is 8.02. The van der Waals surface area contributed by atoms with Gasteiger partial charge in [0.25, 0.3) is 5.91 Å². The molecule has 2 aliphatic rings. The van der Waals surface area contributed by atoms with Crippen LogP contribution >= 0.6 is 0 Å². The van der Waals surface area contributed by atoms with Crippen molar-refractivity contribution >= 4 is 29.2 Å². The molecular weight excluding hydrogens is 546 g/mol. The summed E-state index contributed by atoms with van der Waals surface area (Å²) in [5.74, 6) is -1.38. The number of amides is 2. The molecule has 2 aliphatic heterocycles. The van der Waals surface area contributed by atoms with E-state index >= 15 is 0 Å². The van der Waals surface area contributed by atoms with Gasteiger partial charge in [-0.25, -0.2) is 18.7 Å². The molecule has 1 unspecified atom stereocenters. The number of aromatic nitrogens is 3. The van der Waals surface area contributed by atoms with Crippen LogP contribution in [-0.4, -0.2) is 70.3 Å². The molecule has 3 N–H and O–H groups in total. The number of rotatable bonds is 5. The number of carbonyl (C=O) groups is 2. The van der Waals surface area contributed by atoms with Crippen LogP contribution in [-0.2, 0) is 11.3 Å². The molecule has 6 rings (SSSR count). The number of halogens is 2. The molecule has 1 fully saturated rings. The number of likely N-dealkylation sites (N-methyl/N-ethyl adjacent to an activating group) is 1. The van der Waals surface area contributed by atoms with Gasteiger partial charge >= 0.3 is 0 Å². The molecule has 1 saturated heterocycles. The highest BCUT2D eigenvalue weighted by Gasteiger charge is 2.29. The first kappa shape index (κ1) is 28.5. The first-order valence-corrected chi connectivity index (χ1v) is 12.8. The van der Waals surface area contributed by atoms with Gasteiger partial charge in [-0.1, -0.05) is 18.6 Å². The van der Waals surface area contributed by atoms with Crippen molar-refractivity contribution in [2.75, 3.05) is 32.0 Å². The minimum Gasteiger partial charge on any atom is -0.358 e. The third kappa shape index (κ3) is 5.33. The molecule has 2 amide bonds. The zero-order valence-electron chi connectivity index (χ0n) is 21.8. The van der Waals surface area contributed by atoms with Crippen LogP contribution in [0.25, 0.3) is 11.5 Å². The quantitative estimate of drug-likeness (QED) is 0.330. The number of hydrogen-bond donors (Lipinski definition) is 3. The number of nitrogens with zero attached hydrogens (tertiary/aromatic N) is 5. The smallest absolute Gasteiger partial charge is 0.253 e. The largest absolute Gasteiger partial charge is 0.358 e. The molecule has 11 nitrogen and oxygen atoms in total. The average Bonchev–Trinajstić information content (AvgIpc) is 3.43. The Balaban J connectivity index is 0.00000353. The van der Waals surface area contributed by atoms with E-state index in [4.69, 9.17) is 4.52 Å². The van der Waals surface area contributed by atoms with E-state index in [1.54, 1.807) is 42.4 Å². The van der Waals surface area contributed by atoms with Gasteiger partial charge in [0.1, 0.15) is 23.4 Å². The second-order valence-electron chi connectivity index (χ2n) is 9.47. The van der Waals surface area contributed by atoms with Crippen molar-refractivity contribution in [1.82, 2.24) is 30.7 Å². The van der Waals surface area contributed by atoms with E-state index in [-0.39, 0.29) is 55.3 Å². The van der Waals surface area contributed by atoms with Crippen molar-refractivity contribution in [3.8, 4) is 11.5 Å². The van der Waals surface area contributed by atoms with Crippen LogP contribution in [0, 0.1) is 11.6 Å². The Bertz CT molecular complexity index is 1650. The van der Waals surface area contributed by atoms with Crippen molar-refractivity contribution in [3.05, 3.63) is 88.7 Å². The van der Waals surface area contributed by atoms with Crippen LogP contribution in [0.3, 0.4) is 0 Å². The van der Waals surface area contributed by atoms with Gasteiger partial charge in [0, 0.05) is 49.7 Å². The Morgan fingerprint density at radius 2 is 1.86 bits per heavy atom. The number of fused-ring (bicyclic) bond motifs is 3. The second kappa shape index (κ2) is 11.8. The fourth-order valence-corrected chi connectivity index (χ4v) is 4.84. The van der Waals surface area contributed by atoms with Crippen LogP contribution < -0.4 is 16.0 Å². The molecule has 1 atom stereocenters. The van der Waals surface area contributed by atoms with Crippen molar-refractivity contribution in [2.24, 2.45) is 4.99 Å². The lowest BCUT2D eigenvalue weighted by atomic mass is 10.0. The third-order valence-corrected chi connectivity index (χ3v) is 6.93. The summed E-state index contributed by atoms with van der Waals surface area (Å²) >= 11 is 0. The molecule has 42 heavy (non-hydrogen) atoms. The zero-order valence-corrected chi connectivity index (χ0v) is 21.8. The maximum atomic E-state index is 14.6. The molecule has 4 aromatic rings. The van der Waals surface area contributed by atoms with Crippen LogP contribution in [0.2, 0.25) is 0 Å². The summed E-state index contributed by atoms with van der Waals surface area (Å²) in [4.78, 5) is 40.0. The highest BCUT2D eigenvalue weighted by atomic mass is 19.1. The Morgan fingerprint density at radius 3 is 2.60 bits per heavy atom. The predicted octanol–water partition coefficient (Wildman–Crippen LogP) is 3.30. The van der Waals surface area contributed by atoms with Crippen LogP contribution in [0.1, 0.15) is 34.5 Å². The van der Waals surface area contributed by atoms with Crippen LogP contribution in [0.5, 0.6) is 0 Å². The van der Waals surface area contributed by atoms with Gasteiger partial charge in [-0.2, -0.15) is 0 Å². The molecular formula is C29H28F2N8O3. The summed E-state index contributed by atoms with van der Waals surface area (Å²) in [6.07, 6.45) is 2.92. The summed E-state index contributed by atoms with van der Waals surface area (Å²) in [6, 6.07) is 9.97. The Hall–Kier alpha value is -5.04. The fourth-order valence-electron chi connectivity index (χ4n) is 4.84. The van der Waals surface area contributed by atoms with Gasteiger partial charge in [0.2, 0.25) is 11.9 Å². The number of carbonyl (C=O) groups excluding carboxylic acids is 2. The number of aliphatic imine (C=N–C) groups is 1. The summed E-state index contributed by atoms with van der Waals surface area (Å²) in [7, 11) is 1.56. The molecule has 2 aromatic carbocycles. The topological polar surface area (TPSA) is 138 Å². The summed E-state index contributed by atoms with van der Waals surface area (Å²) in [6.45, 7) is 1.37. The van der Waals surface area contributed by atoms with Gasteiger partial charge in [0.05, 0.1) is 29.6 Å². The molecule has 4 heterocycles. The predicted molar refractivity (Wildman–Crippen MR) is 151 cm³/mol. The number of piperazine rings is 1. The highest BCUT2D eigenvalue weighted by molar-refractivity contribution is 6.16. The maximum absolute atomic E-state index is 14.6. The van der Waals surface area contributed by atoms with E-state index in [2.05, 4.69) is 36.1 Å². The maximum Gasteiger partial charge on any atom is 0.253 e. The van der Waals surface area contributed by atoms with Crippen molar-refractivity contribution < 1.29 is 22.9 Å². The minimum atomic E-state index is -0.750. The monoisotopic (exact) mass is 574 g/mol. The van der Waals surface area contributed by atoms with Gasteiger partial charge in [-0.3, -0.25) is 14.6 Å². The van der Waals surface area contributed by atoms with Crippen molar-refractivity contribution in [3.63, 3.8) is 0 Å². The fraction of sp³-hybridized carbons (Fsp3) is 0.241. The average molecular weight is 575 g/mol. The number of benzene rings is 2. The lowest BCUT2D eigenvalue weighted by Gasteiger charge is -2.32. The van der Waals surface area contributed by atoms with E-state index in [1.165, 1.54) is 12.3 Å². The summed E-state index contributed by atoms with van der Waals surface area (Å²) < 4.78 is 34.7. The molecule has 0 saturated carbocycles. The molecule has 2 aromatic heterocycles. The number of nitrogens with one attached hydrogen (secondary N) is 3. The first-order valence-electron chi connectivity index (χ1n) is 12.8. The normalized spacial score (nSPS) is 15.8. The van der Waals surface area contributed by atoms with E-state index < -0.39 is 17.7 Å². The lowest BCUT2D eigenvalue weighted by Crippen LogP contribution is -2.57. The number of anilines is 2. The molecule has 216 valence electrons. The second-order valence-corrected chi connectivity index (χ2v) is 9.47. The minimum absolute atomic E-state index is 0. The zero-order chi connectivity index (χ0) is 28.5. The Labute approximate surface area is 240 Å². The van der Waals surface area contributed by atoms with Gasteiger partial charge in [-0.05, 0) is 36.4 Å². The van der Waals surface area contributed by atoms with E-state index in [0.29, 0.717) is 41.2 Å². The molecule has 13 heteroatoms. The van der Waals surface area contributed by atoms with E-state index in [0.717, 1.165) is 12.1 Å². The number of hydrogen-bond acceptors (Lipinski definition) is 9. The van der Waals surface area contributed by atoms with Crippen LogP contribution in [0.15, 0.2) is 64.4 Å². The third-order valence-electron chi connectivity index (χ3n) is 6.93. The molecule has 0 radical (unpaired) electrons. The molecule has 0 aliphatic carbocycles. The Morgan fingerprint density at radius 1 is 1.10 bits per heavy atom. The van der Waals surface area contributed by atoms with Gasteiger partial charge in [-0.15, -0.1) is 0 Å².